The Labute approximate surface area is 112 Å². The summed E-state index contributed by atoms with van der Waals surface area (Å²) in [6.07, 6.45) is 3.69. The molecule has 0 saturated carbocycles. The molecule has 0 bridgehead atoms. The zero-order chi connectivity index (χ0) is 13.2. The molecule has 3 rings (SSSR count). The maximum absolute atomic E-state index is 12.2. The molecule has 5 heteroatoms. The molecule has 1 fully saturated rings. The number of aromatic amines is 1. The second-order valence-corrected chi connectivity index (χ2v) is 5.19. The number of H-pyrrole nitrogens is 1. The van der Waals surface area contributed by atoms with Crippen molar-refractivity contribution in [1.29, 1.82) is 0 Å². The highest BCUT2D eigenvalue weighted by Gasteiger charge is 2.19. The molecule has 1 aromatic heterocycles. The number of piperidine rings is 1. The molecule has 1 aliphatic heterocycles. The summed E-state index contributed by atoms with van der Waals surface area (Å²) in [5.74, 6) is 0.00560. The third-order valence-electron chi connectivity index (χ3n) is 3.74. The van der Waals surface area contributed by atoms with Crippen molar-refractivity contribution < 1.29 is 4.79 Å². The molecule has 0 aliphatic carbocycles. The Bertz CT molecular complexity index is 584. The van der Waals surface area contributed by atoms with Crippen LogP contribution in [0.5, 0.6) is 0 Å². The second-order valence-electron chi connectivity index (χ2n) is 5.19. The Morgan fingerprint density at radius 1 is 1.42 bits per heavy atom. The lowest BCUT2D eigenvalue weighted by molar-refractivity contribution is 0.0917. The number of benzene rings is 1. The minimum absolute atomic E-state index is 0.00560. The molecule has 2 N–H and O–H groups in total. The molecule has 2 aromatic rings. The highest BCUT2D eigenvalue weighted by atomic mass is 16.1. The van der Waals surface area contributed by atoms with Gasteiger partial charge in [-0.15, -0.1) is 0 Å². The standard InChI is InChI=1S/C14H18N4O/c1-18-6-4-11(5-7-18)17-14(19)10-2-3-12-13(8-10)16-9-15-12/h2-3,8-9,11H,4-7H2,1H3,(H,15,16)(H,17,19). The molecule has 1 aliphatic rings. The first kappa shape index (κ1) is 12.2. The van der Waals surface area contributed by atoms with Crippen LogP contribution in [0.1, 0.15) is 23.2 Å². The fourth-order valence-corrected chi connectivity index (χ4v) is 2.50. The molecule has 0 unspecified atom stereocenters. The average Bonchev–Trinajstić information content (AvgIpc) is 2.88. The van der Waals surface area contributed by atoms with Gasteiger partial charge in [0.25, 0.3) is 5.91 Å². The van der Waals surface area contributed by atoms with Crippen LogP contribution in [-0.4, -0.2) is 47.0 Å². The second kappa shape index (κ2) is 5.01. The van der Waals surface area contributed by atoms with E-state index in [0.717, 1.165) is 37.0 Å². The number of amides is 1. The van der Waals surface area contributed by atoms with Crippen LogP contribution < -0.4 is 5.32 Å². The fraction of sp³-hybridized carbons (Fsp3) is 0.429. The van der Waals surface area contributed by atoms with Gasteiger partial charge in [0.15, 0.2) is 0 Å². The van der Waals surface area contributed by atoms with Crippen molar-refractivity contribution in [3.63, 3.8) is 0 Å². The van der Waals surface area contributed by atoms with Gasteiger partial charge in [-0.2, -0.15) is 0 Å². The van der Waals surface area contributed by atoms with Crippen LogP contribution >= 0.6 is 0 Å². The highest BCUT2D eigenvalue weighted by molar-refractivity contribution is 5.97. The summed E-state index contributed by atoms with van der Waals surface area (Å²) < 4.78 is 0. The lowest BCUT2D eigenvalue weighted by Crippen LogP contribution is -2.43. The molecule has 0 atom stereocenters. The largest absolute Gasteiger partial charge is 0.349 e. The molecule has 0 spiro atoms. The summed E-state index contributed by atoms with van der Waals surface area (Å²) in [6.45, 7) is 2.09. The minimum atomic E-state index is 0.00560. The smallest absolute Gasteiger partial charge is 0.251 e. The number of likely N-dealkylation sites (tertiary alicyclic amines) is 1. The Balaban J connectivity index is 1.69. The number of imidazole rings is 1. The number of fused-ring (bicyclic) bond motifs is 1. The minimum Gasteiger partial charge on any atom is -0.349 e. The van der Waals surface area contributed by atoms with Crippen LogP contribution in [0, 0.1) is 0 Å². The summed E-state index contributed by atoms with van der Waals surface area (Å²) in [7, 11) is 2.12. The maximum atomic E-state index is 12.2. The number of carbonyl (C=O) groups is 1. The predicted octanol–water partition coefficient (Wildman–Crippen LogP) is 1.39. The SMILES string of the molecule is CN1CCC(NC(=O)c2ccc3nc[nH]c3c2)CC1. The molecular formula is C14H18N4O. The number of hydrogen-bond acceptors (Lipinski definition) is 3. The monoisotopic (exact) mass is 258 g/mol. The fourth-order valence-electron chi connectivity index (χ4n) is 2.50. The molecule has 0 radical (unpaired) electrons. The van der Waals surface area contributed by atoms with Gasteiger partial charge in [-0.25, -0.2) is 4.98 Å². The van der Waals surface area contributed by atoms with E-state index in [0.29, 0.717) is 11.6 Å². The van der Waals surface area contributed by atoms with E-state index in [1.165, 1.54) is 0 Å². The normalized spacial score (nSPS) is 17.7. The van der Waals surface area contributed by atoms with Crippen molar-refractivity contribution in [1.82, 2.24) is 20.2 Å². The van der Waals surface area contributed by atoms with E-state index < -0.39 is 0 Å². The highest BCUT2D eigenvalue weighted by Crippen LogP contribution is 2.13. The van der Waals surface area contributed by atoms with Gasteiger partial charge in [0, 0.05) is 11.6 Å². The van der Waals surface area contributed by atoms with Crippen molar-refractivity contribution in [3.8, 4) is 0 Å². The molecule has 1 amide bonds. The summed E-state index contributed by atoms with van der Waals surface area (Å²) >= 11 is 0. The van der Waals surface area contributed by atoms with Gasteiger partial charge in [-0.05, 0) is 51.2 Å². The lowest BCUT2D eigenvalue weighted by atomic mass is 10.0. The first-order valence-corrected chi connectivity index (χ1v) is 6.65. The van der Waals surface area contributed by atoms with Crippen molar-refractivity contribution >= 4 is 16.9 Å². The third-order valence-corrected chi connectivity index (χ3v) is 3.74. The number of aromatic nitrogens is 2. The molecular weight excluding hydrogens is 240 g/mol. The van der Waals surface area contributed by atoms with Crippen LogP contribution in [0.2, 0.25) is 0 Å². The van der Waals surface area contributed by atoms with Gasteiger partial charge in [0.1, 0.15) is 0 Å². The molecule has 100 valence electrons. The molecule has 1 saturated heterocycles. The van der Waals surface area contributed by atoms with E-state index in [1.807, 2.05) is 18.2 Å². The van der Waals surface area contributed by atoms with E-state index in [4.69, 9.17) is 0 Å². The van der Waals surface area contributed by atoms with E-state index >= 15 is 0 Å². The van der Waals surface area contributed by atoms with Crippen LogP contribution in [0.4, 0.5) is 0 Å². The quantitative estimate of drug-likeness (QED) is 0.855. The Morgan fingerprint density at radius 3 is 3.00 bits per heavy atom. The number of carbonyl (C=O) groups excluding carboxylic acids is 1. The van der Waals surface area contributed by atoms with Gasteiger partial charge >= 0.3 is 0 Å². The lowest BCUT2D eigenvalue weighted by Gasteiger charge is -2.29. The van der Waals surface area contributed by atoms with E-state index in [2.05, 4.69) is 27.2 Å². The van der Waals surface area contributed by atoms with Crippen molar-refractivity contribution in [2.24, 2.45) is 0 Å². The molecule has 2 heterocycles. The van der Waals surface area contributed by atoms with E-state index in [9.17, 15) is 4.79 Å². The van der Waals surface area contributed by atoms with Crippen LogP contribution in [0.25, 0.3) is 11.0 Å². The van der Waals surface area contributed by atoms with Crippen molar-refractivity contribution in [2.75, 3.05) is 20.1 Å². The summed E-state index contributed by atoms with van der Waals surface area (Å²) in [6, 6.07) is 5.84. The number of nitrogens with one attached hydrogen (secondary N) is 2. The predicted molar refractivity (Wildman–Crippen MR) is 74.1 cm³/mol. The van der Waals surface area contributed by atoms with Gasteiger partial charge < -0.3 is 15.2 Å². The van der Waals surface area contributed by atoms with Gasteiger partial charge in [-0.3, -0.25) is 4.79 Å². The Hall–Kier alpha value is -1.88. The Kier molecular flexibility index (Phi) is 3.21. The van der Waals surface area contributed by atoms with Gasteiger partial charge in [-0.1, -0.05) is 0 Å². The zero-order valence-corrected chi connectivity index (χ0v) is 11.0. The van der Waals surface area contributed by atoms with Gasteiger partial charge in [0.2, 0.25) is 0 Å². The molecule has 1 aromatic carbocycles. The summed E-state index contributed by atoms with van der Waals surface area (Å²) in [5.41, 5.74) is 2.47. The zero-order valence-electron chi connectivity index (χ0n) is 11.0. The van der Waals surface area contributed by atoms with Crippen molar-refractivity contribution in [2.45, 2.75) is 18.9 Å². The summed E-state index contributed by atoms with van der Waals surface area (Å²) in [4.78, 5) is 21.7. The van der Waals surface area contributed by atoms with E-state index in [-0.39, 0.29) is 5.91 Å². The van der Waals surface area contributed by atoms with Crippen LogP contribution in [0.15, 0.2) is 24.5 Å². The Morgan fingerprint density at radius 2 is 2.21 bits per heavy atom. The molecule has 5 nitrogen and oxygen atoms in total. The van der Waals surface area contributed by atoms with Gasteiger partial charge in [0.05, 0.1) is 17.4 Å². The van der Waals surface area contributed by atoms with Crippen LogP contribution in [-0.2, 0) is 0 Å². The first-order chi connectivity index (χ1) is 9.22. The third kappa shape index (κ3) is 2.61. The number of rotatable bonds is 2. The van der Waals surface area contributed by atoms with E-state index in [1.54, 1.807) is 6.33 Å². The first-order valence-electron chi connectivity index (χ1n) is 6.65. The average molecular weight is 258 g/mol. The molecule has 19 heavy (non-hydrogen) atoms. The van der Waals surface area contributed by atoms with Crippen LogP contribution in [0.3, 0.4) is 0 Å². The topological polar surface area (TPSA) is 61.0 Å². The maximum Gasteiger partial charge on any atom is 0.251 e. The summed E-state index contributed by atoms with van der Waals surface area (Å²) in [5, 5.41) is 3.11. The number of nitrogens with zero attached hydrogens (tertiary/aromatic N) is 2. The van der Waals surface area contributed by atoms with Crippen molar-refractivity contribution in [3.05, 3.63) is 30.1 Å². The number of hydrogen-bond donors (Lipinski definition) is 2.